The van der Waals surface area contributed by atoms with Crippen molar-refractivity contribution in [3.05, 3.63) is 29.6 Å². The molecule has 3 nitrogen and oxygen atoms in total. The summed E-state index contributed by atoms with van der Waals surface area (Å²) in [7, 11) is 0. The second-order valence-corrected chi connectivity index (χ2v) is 3.77. The Hall–Kier alpha value is -0.930. The van der Waals surface area contributed by atoms with E-state index in [4.69, 9.17) is 4.74 Å². The molecular weight excluding hydrogens is 178 g/mol. The standard InChI is InChI=1S/C11H15NO2/c1-8-6-9(2-4-12-8)11-7-10(13)3-5-14-11/h2,4,6,10-11,13H,3,5,7H2,1H3. The first-order valence-electron chi connectivity index (χ1n) is 4.98. The van der Waals surface area contributed by atoms with E-state index in [0.29, 0.717) is 13.0 Å². The van der Waals surface area contributed by atoms with Gasteiger partial charge in [0.2, 0.25) is 0 Å². The molecule has 0 amide bonds. The number of aryl methyl sites for hydroxylation is 1. The molecule has 0 bridgehead atoms. The second kappa shape index (κ2) is 4.07. The van der Waals surface area contributed by atoms with E-state index in [2.05, 4.69) is 4.98 Å². The van der Waals surface area contributed by atoms with E-state index in [1.807, 2.05) is 19.1 Å². The third kappa shape index (κ3) is 2.11. The fourth-order valence-electron chi connectivity index (χ4n) is 1.78. The second-order valence-electron chi connectivity index (χ2n) is 3.77. The highest BCUT2D eigenvalue weighted by molar-refractivity contribution is 5.18. The van der Waals surface area contributed by atoms with Crippen molar-refractivity contribution in [1.82, 2.24) is 4.98 Å². The Morgan fingerprint density at radius 2 is 2.43 bits per heavy atom. The highest BCUT2D eigenvalue weighted by Crippen LogP contribution is 2.27. The smallest absolute Gasteiger partial charge is 0.0850 e. The van der Waals surface area contributed by atoms with Crippen LogP contribution >= 0.6 is 0 Å². The average Bonchev–Trinajstić information content (AvgIpc) is 2.18. The summed E-state index contributed by atoms with van der Waals surface area (Å²) >= 11 is 0. The van der Waals surface area contributed by atoms with Crippen molar-refractivity contribution in [3.8, 4) is 0 Å². The lowest BCUT2D eigenvalue weighted by molar-refractivity contribution is -0.0448. The quantitative estimate of drug-likeness (QED) is 0.736. The highest BCUT2D eigenvalue weighted by atomic mass is 16.5. The summed E-state index contributed by atoms with van der Waals surface area (Å²) < 4.78 is 5.60. The van der Waals surface area contributed by atoms with E-state index in [1.54, 1.807) is 6.20 Å². The molecule has 2 heterocycles. The number of aromatic nitrogens is 1. The maximum atomic E-state index is 9.51. The Morgan fingerprint density at radius 1 is 1.57 bits per heavy atom. The molecule has 0 saturated carbocycles. The van der Waals surface area contributed by atoms with Crippen LogP contribution in [0.4, 0.5) is 0 Å². The molecule has 2 unspecified atom stereocenters. The van der Waals surface area contributed by atoms with Gasteiger partial charge in [-0.3, -0.25) is 4.98 Å². The van der Waals surface area contributed by atoms with Crippen LogP contribution < -0.4 is 0 Å². The van der Waals surface area contributed by atoms with E-state index < -0.39 is 0 Å². The summed E-state index contributed by atoms with van der Waals surface area (Å²) in [5, 5.41) is 9.51. The molecule has 2 rings (SSSR count). The van der Waals surface area contributed by atoms with Crippen LogP contribution in [0.25, 0.3) is 0 Å². The number of hydrogen-bond donors (Lipinski definition) is 1. The highest BCUT2D eigenvalue weighted by Gasteiger charge is 2.22. The van der Waals surface area contributed by atoms with E-state index in [9.17, 15) is 5.11 Å². The van der Waals surface area contributed by atoms with E-state index in [-0.39, 0.29) is 12.2 Å². The maximum Gasteiger partial charge on any atom is 0.0850 e. The number of aliphatic hydroxyl groups is 1. The van der Waals surface area contributed by atoms with Gasteiger partial charge in [-0.05, 0) is 31.0 Å². The first kappa shape index (κ1) is 9.62. The van der Waals surface area contributed by atoms with Crippen LogP contribution in [0.3, 0.4) is 0 Å². The third-order valence-corrected chi connectivity index (χ3v) is 2.55. The van der Waals surface area contributed by atoms with Crippen molar-refractivity contribution in [1.29, 1.82) is 0 Å². The molecule has 1 aliphatic rings. The van der Waals surface area contributed by atoms with Gasteiger partial charge in [-0.1, -0.05) is 0 Å². The van der Waals surface area contributed by atoms with Crippen LogP contribution in [0.2, 0.25) is 0 Å². The largest absolute Gasteiger partial charge is 0.393 e. The van der Waals surface area contributed by atoms with Crippen molar-refractivity contribution in [3.63, 3.8) is 0 Å². The van der Waals surface area contributed by atoms with Crippen LogP contribution in [0.15, 0.2) is 18.3 Å². The summed E-state index contributed by atoms with van der Waals surface area (Å²) in [6, 6.07) is 3.97. The molecule has 0 aromatic carbocycles. The van der Waals surface area contributed by atoms with Crippen molar-refractivity contribution < 1.29 is 9.84 Å². The number of pyridine rings is 1. The fraction of sp³-hybridized carbons (Fsp3) is 0.545. The lowest BCUT2D eigenvalue weighted by Gasteiger charge is -2.26. The molecule has 1 fully saturated rings. The van der Waals surface area contributed by atoms with Gasteiger partial charge < -0.3 is 9.84 Å². The predicted octanol–water partition coefficient (Wildman–Crippen LogP) is 1.60. The molecule has 2 atom stereocenters. The topological polar surface area (TPSA) is 42.4 Å². The van der Waals surface area contributed by atoms with Gasteiger partial charge in [0, 0.05) is 24.9 Å². The number of nitrogens with zero attached hydrogens (tertiary/aromatic N) is 1. The monoisotopic (exact) mass is 193 g/mol. The number of rotatable bonds is 1. The molecule has 0 spiro atoms. The normalized spacial score (nSPS) is 27.6. The van der Waals surface area contributed by atoms with Gasteiger partial charge in [-0.15, -0.1) is 0 Å². The molecule has 1 aromatic rings. The molecule has 1 saturated heterocycles. The first-order chi connectivity index (χ1) is 6.75. The molecule has 0 aliphatic carbocycles. The van der Waals surface area contributed by atoms with E-state index in [1.165, 1.54) is 0 Å². The van der Waals surface area contributed by atoms with Gasteiger partial charge in [0.15, 0.2) is 0 Å². The number of hydrogen-bond acceptors (Lipinski definition) is 3. The lowest BCUT2D eigenvalue weighted by atomic mass is 10.00. The molecular formula is C11H15NO2. The van der Waals surface area contributed by atoms with E-state index >= 15 is 0 Å². The summed E-state index contributed by atoms with van der Waals surface area (Å²) in [5.74, 6) is 0. The summed E-state index contributed by atoms with van der Waals surface area (Å²) in [6.07, 6.45) is 3.06. The average molecular weight is 193 g/mol. The minimum absolute atomic E-state index is 0.0421. The molecule has 3 heteroatoms. The zero-order valence-electron chi connectivity index (χ0n) is 8.31. The van der Waals surface area contributed by atoms with Crippen LogP contribution in [0.1, 0.15) is 30.2 Å². The summed E-state index contributed by atoms with van der Waals surface area (Å²) in [4.78, 5) is 4.14. The lowest BCUT2D eigenvalue weighted by Crippen LogP contribution is -2.23. The molecule has 1 aromatic heterocycles. The Balaban J connectivity index is 2.14. The molecule has 76 valence electrons. The van der Waals surface area contributed by atoms with Gasteiger partial charge in [0.25, 0.3) is 0 Å². The van der Waals surface area contributed by atoms with Gasteiger partial charge >= 0.3 is 0 Å². The molecule has 1 aliphatic heterocycles. The van der Waals surface area contributed by atoms with Crippen LogP contribution in [-0.2, 0) is 4.74 Å². The Morgan fingerprint density at radius 3 is 3.14 bits per heavy atom. The van der Waals surface area contributed by atoms with E-state index in [0.717, 1.165) is 17.7 Å². The third-order valence-electron chi connectivity index (χ3n) is 2.55. The Bertz CT molecular complexity index is 314. The zero-order chi connectivity index (χ0) is 9.97. The van der Waals surface area contributed by atoms with Gasteiger partial charge in [0.1, 0.15) is 0 Å². The van der Waals surface area contributed by atoms with Crippen LogP contribution in [-0.4, -0.2) is 22.8 Å². The van der Waals surface area contributed by atoms with Gasteiger partial charge in [0.05, 0.1) is 12.2 Å². The Labute approximate surface area is 83.7 Å². The van der Waals surface area contributed by atoms with Crippen molar-refractivity contribution in [2.75, 3.05) is 6.61 Å². The van der Waals surface area contributed by atoms with Crippen molar-refractivity contribution >= 4 is 0 Å². The molecule has 14 heavy (non-hydrogen) atoms. The summed E-state index contributed by atoms with van der Waals surface area (Å²) in [5.41, 5.74) is 2.11. The zero-order valence-corrected chi connectivity index (χ0v) is 8.31. The summed E-state index contributed by atoms with van der Waals surface area (Å²) in [6.45, 7) is 2.61. The molecule has 1 N–H and O–H groups in total. The maximum absolute atomic E-state index is 9.51. The number of ether oxygens (including phenoxy) is 1. The van der Waals surface area contributed by atoms with Crippen LogP contribution in [0, 0.1) is 6.92 Å². The van der Waals surface area contributed by atoms with Crippen LogP contribution in [0.5, 0.6) is 0 Å². The SMILES string of the molecule is Cc1cc(C2CC(O)CCO2)ccn1. The predicted molar refractivity (Wildman–Crippen MR) is 52.9 cm³/mol. The molecule has 0 radical (unpaired) electrons. The first-order valence-corrected chi connectivity index (χ1v) is 4.98. The van der Waals surface area contributed by atoms with Gasteiger partial charge in [-0.2, -0.15) is 0 Å². The van der Waals surface area contributed by atoms with Gasteiger partial charge in [-0.25, -0.2) is 0 Å². The number of aliphatic hydroxyl groups excluding tert-OH is 1. The minimum Gasteiger partial charge on any atom is -0.393 e. The fourth-order valence-corrected chi connectivity index (χ4v) is 1.78. The van der Waals surface area contributed by atoms with Crippen molar-refractivity contribution in [2.45, 2.75) is 32.0 Å². The van der Waals surface area contributed by atoms with Crippen molar-refractivity contribution in [2.24, 2.45) is 0 Å². The minimum atomic E-state index is -0.220. The Kier molecular flexibility index (Phi) is 2.79.